The first-order valence-electron chi connectivity index (χ1n) is 5.48. The number of carbonyl (C=O) groups excluding carboxylic acids is 1. The van der Waals surface area contributed by atoms with Crippen molar-refractivity contribution in [3.8, 4) is 0 Å². The molecule has 0 aliphatic carbocycles. The maximum Gasteiger partial charge on any atom is 0.239 e. The molecule has 1 N–H and O–H groups in total. The Hall–Kier alpha value is -1.00. The predicted molar refractivity (Wildman–Crippen MR) is 70.1 cm³/mol. The minimum atomic E-state index is -0.148. The summed E-state index contributed by atoms with van der Waals surface area (Å²) in [6, 6.07) is 1.75. The SMILES string of the molecule is CC(C)C(NCc1ccoc1)C(=O)N(C)C.Cl. The maximum absolute atomic E-state index is 11.9. The third kappa shape index (κ3) is 4.79. The molecule has 1 aromatic heterocycles. The molecule has 1 atom stereocenters. The summed E-state index contributed by atoms with van der Waals surface area (Å²) in [7, 11) is 3.55. The average molecular weight is 261 g/mol. The van der Waals surface area contributed by atoms with Crippen LogP contribution in [0.4, 0.5) is 0 Å². The molecule has 0 radical (unpaired) electrons. The van der Waals surface area contributed by atoms with Gasteiger partial charge in [0.05, 0.1) is 18.6 Å². The Morgan fingerprint density at radius 2 is 2.12 bits per heavy atom. The van der Waals surface area contributed by atoms with Gasteiger partial charge < -0.3 is 14.6 Å². The van der Waals surface area contributed by atoms with Crippen molar-refractivity contribution in [1.82, 2.24) is 10.2 Å². The maximum atomic E-state index is 11.9. The van der Waals surface area contributed by atoms with E-state index in [4.69, 9.17) is 4.42 Å². The minimum Gasteiger partial charge on any atom is -0.472 e. The number of halogens is 1. The summed E-state index contributed by atoms with van der Waals surface area (Å²) >= 11 is 0. The van der Waals surface area contributed by atoms with Crippen LogP contribution in [0, 0.1) is 5.92 Å². The Morgan fingerprint density at radius 1 is 1.47 bits per heavy atom. The van der Waals surface area contributed by atoms with E-state index >= 15 is 0 Å². The van der Waals surface area contributed by atoms with Crippen molar-refractivity contribution in [3.63, 3.8) is 0 Å². The van der Waals surface area contributed by atoms with Gasteiger partial charge in [0.2, 0.25) is 5.91 Å². The lowest BCUT2D eigenvalue weighted by molar-refractivity contribution is -0.132. The van der Waals surface area contributed by atoms with Gasteiger partial charge in [-0.3, -0.25) is 4.79 Å². The van der Waals surface area contributed by atoms with Crippen LogP contribution in [-0.2, 0) is 11.3 Å². The summed E-state index contributed by atoms with van der Waals surface area (Å²) in [5.41, 5.74) is 1.05. The monoisotopic (exact) mass is 260 g/mol. The Bertz CT molecular complexity index is 323. The molecule has 1 amide bonds. The number of nitrogens with zero attached hydrogens (tertiary/aromatic N) is 1. The van der Waals surface area contributed by atoms with Gasteiger partial charge in [-0.25, -0.2) is 0 Å². The highest BCUT2D eigenvalue weighted by molar-refractivity contribution is 5.85. The molecular formula is C12H21ClN2O2. The van der Waals surface area contributed by atoms with Gasteiger partial charge in [-0.15, -0.1) is 12.4 Å². The second kappa shape index (κ2) is 7.35. The van der Waals surface area contributed by atoms with E-state index in [1.165, 1.54) is 0 Å². The van der Waals surface area contributed by atoms with E-state index in [0.29, 0.717) is 6.54 Å². The molecule has 1 rings (SSSR count). The Morgan fingerprint density at radius 3 is 2.53 bits per heavy atom. The van der Waals surface area contributed by atoms with Gasteiger partial charge >= 0.3 is 0 Å². The van der Waals surface area contributed by atoms with Crippen LogP contribution in [0.5, 0.6) is 0 Å². The van der Waals surface area contributed by atoms with E-state index in [0.717, 1.165) is 5.56 Å². The predicted octanol–water partition coefficient (Wildman–Crippen LogP) is 1.90. The molecule has 4 nitrogen and oxygen atoms in total. The van der Waals surface area contributed by atoms with Crippen molar-refractivity contribution >= 4 is 18.3 Å². The lowest BCUT2D eigenvalue weighted by Gasteiger charge is -2.24. The summed E-state index contributed by atoms with van der Waals surface area (Å²) in [4.78, 5) is 13.5. The molecule has 0 aliphatic rings. The summed E-state index contributed by atoms with van der Waals surface area (Å²) in [6.45, 7) is 4.72. The summed E-state index contributed by atoms with van der Waals surface area (Å²) in [5.74, 6) is 0.375. The largest absolute Gasteiger partial charge is 0.472 e. The number of nitrogens with one attached hydrogen (secondary N) is 1. The molecule has 0 fully saturated rings. The standard InChI is InChI=1S/C12H20N2O2.ClH/c1-9(2)11(12(15)14(3)4)13-7-10-5-6-16-8-10;/h5-6,8-9,11,13H,7H2,1-4H3;1H. The highest BCUT2D eigenvalue weighted by Crippen LogP contribution is 2.07. The van der Waals surface area contributed by atoms with E-state index in [2.05, 4.69) is 5.32 Å². The molecule has 98 valence electrons. The Balaban J connectivity index is 0.00000256. The molecule has 1 unspecified atom stereocenters. The summed E-state index contributed by atoms with van der Waals surface area (Å²) in [5, 5.41) is 3.25. The van der Waals surface area contributed by atoms with E-state index in [9.17, 15) is 4.79 Å². The fourth-order valence-corrected chi connectivity index (χ4v) is 1.51. The number of amides is 1. The van der Waals surface area contributed by atoms with Gasteiger partial charge in [0, 0.05) is 26.2 Å². The van der Waals surface area contributed by atoms with Crippen LogP contribution in [0.15, 0.2) is 23.0 Å². The summed E-state index contributed by atoms with van der Waals surface area (Å²) in [6.07, 6.45) is 3.32. The van der Waals surface area contributed by atoms with Crippen LogP contribution >= 0.6 is 12.4 Å². The first-order chi connectivity index (χ1) is 7.52. The highest BCUT2D eigenvalue weighted by Gasteiger charge is 2.22. The van der Waals surface area contributed by atoms with Crippen LogP contribution in [0.25, 0.3) is 0 Å². The molecule has 0 aromatic carbocycles. The summed E-state index contributed by atoms with van der Waals surface area (Å²) < 4.78 is 4.98. The third-order valence-corrected chi connectivity index (χ3v) is 2.48. The molecule has 5 heteroatoms. The van der Waals surface area contributed by atoms with Crippen LogP contribution < -0.4 is 5.32 Å². The van der Waals surface area contributed by atoms with E-state index in [-0.39, 0.29) is 30.3 Å². The fraction of sp³-hybridized carbons (Fsp3) is 0.583. The van der Waals surface area contributed by atoms with E-state index in [1.807, 2.05) is 19.9 Å². The van der Waals surface area contributed by atoms with E-state index in [1.54, 1.807) is 31.5 Å². The van der Waals surface area contributed by atoms with Gasteiger partial charge in [0.25, 0.3) is 0 Å². The molecule has 17 heavy (non-hydrogen) atoms. The molecule has 0 bridgehead atoms. The van der Waals surface area contributed by atoms with Gasteiger partial charge in [0.1, 0.15) is 0 Å². The lowest BCUT2D eigenvalue weighted by Crippen LogP contribution is -2.46. The van der Waals surface area contributed by atoms with Crippen LogP contribution in [0.1, 0.15) is 19.4 Å². The van der Waals surface area contributed by atoms with Crippen LogP contribution in [-0.4, -0.2) is 30.9 Å². The zero-order chi connectivity index (χ0) is 12.1. The number of hydrogen-bond acceptors (Lipinski definition) is 3. The average Bonchev–Trinajstić information content (AvgIpc) is 2.69. The van der Waals surface area contributed by atoms with Crippen LogP contribution in [0.3, 0.4) is 0 Å². The number of likely N-dealkylation sites (N-methyl/N-ethyl adjacent to an activating group) is 1. The topological polar surface area (TPSA) is 45.5 Å². The highest BCUT2D eigenvalue weighted by atomic mass is 35.5. The quantitative estimate of drug-likeness (QED) is 0.880. The minimum absolute atomic E-state index is 0. The molecule has 1 heterocycles. The molecule has 0 saturated carbocycles. The van der Waals surface area contributed by atoms with Crippen molar-refractivity contribution in [2.24, 2.45) is 5.92 Å². The fourth-order valence-electron chi connectivity index (χ4n) is 1.51. The first-order valence-corrected chi connectivity index (χ1v) is 5.48. The molecule has 1 aromatic rings. The molecule has 0 aliphatic heterocycles. The second-order valence-corrected chi connectivity index (χ2v) is 4.47. The molecular weight excluding hydrogens is 240 g/mol. The van der Waals surface area contributed by atoms with Crippen molar-refractivity contribution < 1.29 is 9.21 Å². The second-order valence-electron chi connectivity index (χ2n) is 4.47. The number of furan rings is 1. The number of rotatable bonds is 5. The molecule has 0 spiro atoms. The van der Waals surface area contributed by atoms with Crippen molar-refractivity contribution in [3.05, 3.63) is 24.2 Å². The van der Waals surface area contributed by atoms with Gasteiger partial charge in [0.15, 0.2) is 0 Å². The number of carbonyl (C=O) groups is 1. The van der Waals surface area contributed by atoms with Gasteiger partial charge in [-0.1, -0.05) is 13.8 Å². The van der Waals surface area contributed by atoms with Crippen molar-refractivity contribution in [1.29, 1.82) is 0 Å². The molecule has 0 saturated heterocycles. The zero-order valence-electron chi connectivity index (χ0n) is 10.8. The smallest absolute Gasteiger partial charge is 0.239 e. The van der Waals surface area contributed by atoms with Crippen molar-refractivity contribution in [2.75, 3.05) is 14.1 Å². The van der Waals surface area contributed by atoms with Gasteiger partial charge in [-0.2, -0.15) is 0 Å². The van der Waals surface area contributed by atoms with Crippen LogP contribution in [0.2, 0.25) is 0 Å². The normalized spacial score (nSPS) is 12.1. The Labute approximate surface area is 109 Å². The third-order valence-electron chi connectivity index (χ3n) is 2.48. The number of hydrogen-bond donors (Lipinski definition) is 1. The lowest BCUT2D eigenvalue weighted by atomic mass is 10.0. The zero-order valence-corrected chi connectivity index (χ0v) is 11.6. The van der Waals surface area contributed by atoms with Crippen molar-refractivity contribution in [2.45, 2.75) is 26.4 Å². The van der Waals surface area contributed by atoms with E-state index < -0.39 is 0 Å². The first kappa shape index (κ1) is 16.0. The van der Waals surface area contributed by atoms with Gasteiger partial charge in [-0.05, 0) is 12.0 Å². The Kier molecular flexibility index (Phi) is 6.92.